The van der Waals surface area contributed by atoms with Crippen molar-refractivity contribution in [1.82, 2.24) is 9.97 Å². The standard InChI is InChI=1S/C11H16ClN3/c1-7-4-3-5-9(7)15-11-6-10(12)13-8(2)14-11/h6-7,9H,3-5H2,1-2H3,(H,13,14,15). The van der Waals surface area contributed by atoms with Crippen LogP contribution in [0.1, 0.15) is 32.0 Å². The number of nitrogens with one attached hydrogen (secondary N) is 1. The Labute approximate surface area is 95.3 Å². The van der Waals surface area contributed by atoms with E-state index in [9.17, 15) is 0 Å². The summed E-state index contributed by atoms with van der Waals surface area (Å²) in [6.07, 6.45) is 3.83. The van der Waals surface area contributed by atoms with Crippen molar-refractivity contribution in [2.24, 2.45) is 5.92 Å². The molecule has 0 spiro atoms. The van der Waals surface area contributed by atoms with Crippen LogP contribution in [0, 0.1) is 12.8 Å². The van der Waals surface area contributed by atoms with E-state index in [0.717, 1.165) is 17.6 Å². The normalized spacial score (nSPS) is 25.5. The van der Waals surface area contributed by atoms with Crippen molar-refractivity contribution < 1.29 is 0 Å². The van der Waals surface area contributed by atoms with Gasteiger partial charge in [0, 0.05) is 12.1 Å². The molecule has 1 aromatic rings. The van der Waals surface area contributed by atoms with Crippen LogP contribution in [0.2, 0.25) is 5.15 Å². The van der Waals surface area contributed by atoms with E-state index in [1.54, 1.807) is 6.07 Å². The van der Waals surface area contributed by atoms with Gasteiger partial charge >= 0.3 is 0 Å². The van der Waals surface area contributed by atoms with E-state index in [-0.39, 0.29) is 0 Å². The highest BCUT2D eigenvalue weighted by Gasteiger charge is 2.23. The van der Waals surface area contributed by atoms with Crippen molar-refractivity contribution in [3.8, 4) is 0 Å². The number of hydrogen-bond donors (Lipinski definition) is 1. The summed E-state index contributed by atoms with van der Waals surface area (Å²) in [5.41, 5.74) is 0. The van der Waals surface area contributed by atoms with Crippen molar-refractivity contribution in [3.63, 3.8) is 0 Å². The Kier molecular flexibility index (Phi) is 3.10. The molecule has 1 N–H and O–H groups in total. The molecule has 0 saturated heterocycles. The average molecular weight is 226 g/mol. The SMILES string of the molecule is Cc1nc(Cl)cc(NC2CCCC2C)n1. The number of anilines is 1. The Bertz CT molecular complexity index is 333. The summed E-state index contributed by atoms with van der Waals surface area (Å²) in [5.74, 6) is 2.29. The second kappa shape index (κ2) is 4.35. The van der Waals surface area contributed by atoms with Crippen molar-refractivity contribution in [1.29, 1.82) is 0 Å². The molecular weight excluding hydrogens is 210 g/mol. The number of aromatic nitrogens is 2. The van der Waals surface area contributed by atoms with Gasteiger partial charge in [0.15, 0.2) is 0 Å². The smallest absolute Gasteiger partial charge is 0.134 e. The molecule has 3 nitrogen and oxygen atoms in total. The Hall–Kier alpha value is -0.830. The molecule has 0 amide bonds. The van der Waals surface area contributed by atoms with E-state index < -0.39 is 0 Å². The zero-order valence-corrected chi connectivity index (χ0v) is 9.88. The number of nitrogens with zero attached hydrogens (tertiary/aromatic N) is 2. The molecule has 1 heterocycles. The monoisotopic (exact) mass is 225 g/mol. The fourth-order valence-corrected chi connectivity index (χ4v) is 2.38. The first-order valence-electron chi connectivity index (χ1n) is 5.43. The highest BCUT2D eigenvalue weighted by Crippen LogP contribution is 2.27. The van der Waals surface area contributed by atoms with Gasteiger partial charge in [0.25, 0.3) is 0 Å². The van der Waals surface area contributed by atoms with Crippen LogP contribution in [0.25, 0.3) is 0 Å². The molecule has 82 valence electrons. The second-order valence-electron chi connectivity index (χ2n) is 4.28. The summed E-state index contributed by atoms with van der Waals surface area (Å²) >= 11 is 5.88. The molecule has 0 bridgehead atoms. The van der Waals surface area contributed by atoms with E-state index in [2.05, 4.69) is 22.2 Å². The van der Waals surface area contributed by atoms with E-state index in [1.165, 1.54) is 19.3 Å². The largest absolute Gasteiger partial charge is 0.367 e. The Balaban J connectivity index is 2.10. The van der Waals surface area contributed by atoms with Gasteiger partial charge in [-0.05, 0) is 25.7 Å². The third kappa shape index (κ3) is 2.59. The van der Waals surface area contributed by atoms with Crippen molar-refractivity contribution in [2.75, 3.05) is 5.32 Å². The highest BCUT2D eigenvalue weighted by molar-refractivity contribution is 6.29. The fraction of sp³-hybridized carbons (Fsp3) is 0.636. The molecule has 0 aliphatic heterocycles. The van der Waals surface area contributed by atoms with Crippen LogP contribution in [0.15, 0.2) is 6.07 Å². The second-order valence-corrected chi connectivity index (χ2v) is 4.67. The van der Waals surface area contributed by atoms with Crippen molar-refractivity contribution in [2.45, 2.75) is 39.2 Å². The van der Waals surface area contributed by atoms with Gasteiger partial charge in [-0.2, -0.15) is 0 Å². The van der Waals surface area contributed by atoms with Gasteiger partial charge in [0.05, 0.1) is 0 Å². The molecule has 1 aliphatic carbocycles. The average Bonchev–Trinajstić information content (AvgIpc) is 2.50. The third-order valence-electron chi connectivity index (χ3n) is 3.00. The molecule has 1 aliphatic rings. The molecule has 4 heteroatoms. The van der Waals surface area contributed by atoms with Crippen LogP contribution in [0.4, 0.5) is 5.82 Å². The van der Waals surface area contributed by atoms with Gasteiger partial charge in [-0.25, -0.2) is 9.97 Å². The fourth-order valence-electron chi connectivity index (χ4n) is 2.16. The first-order valence-corrected chi connectivity index (χ1v) is 5.80. The molecule has 1 aromatic heterocycles. The molecule has 1 fully saturated rings. The minimum Gasteiger partial charge on any atom is -0.367 e. The lowest BCUT2D eigenvalue weighted by Gasteiger charge is -2.18. The van der Waals surface area contributed by atoms with Crippen molar-refractivity contribution >= 4 is 17.4 Å². The van der Waals surface area contributed by atoms with Crippen LogP contribution in [-0.4, -0.2) is 16.0 Å². The lowest BCUT2D eigenvalue weighted by molar-refractivity contribution is 0.554. The first kappa shape index (κ1) is 10.7. The minimum atomic E-state index is 0.510. The van der Waals surface area contributed by atoms with Crippen LogP contribution in [0.5, 0.6) is 0 Å². The zero-order chi connectivity index (χ0) is 10.8. The number of halogens is 1. The predicted octanol–water partition coefficient (Wildman–Crippen LogP) is 3.04. The Morgan fingerprint density at radius 3 is 2.80 bits per heavy atom. The lowest BCUT2D eigenvalue weighted by Crippen LogP contribution is -2.22. The summed E-state index contributed by atoms with van der Waals surface area (Å²) in [4.78, 5) is 8.37. The zero-order valence-electron chi connectivity index (χ0n) is 9.13. The van der Waals surface area contributed by atoms with Crippen LogP contribution < -0.4 is 5.32 Å². The molecule has 0 aromatic carbocycles. The van der Waals surface area contributed by atoms with E-state index in [0.29, 0.717) is 11.2 Å². The van der Waals surface area contributed by atoms with Crippen LogP contribution in [-0.2, 0) is 0 Å². The first-order chi connectivity index (χ1) is 7.15. The lowest BCUT2D eigenvalue weighted by atomic mass is 10.1. The van der Waals surface area contributed by atoms with Crippen molar-refractivity contribution in [3.05, 3.63) is 17.0 Å². The predicted molar refractivity (Wildman–Crippen MR) is 62.2 cm³/mol. The quantitative estimate of drug-likeness (QED) is 0.787. The molecule has 2 rings (SSSR count). The highest BCUT2D eigenvalue weighted by atomic mass is 35.5. The third-order valence-corrected chi connectivity index (χ3v) is 3.20. The summed E-state index contributed by atoms with van der Waals surface area (Å²) in [7, 11) is 0. The number of aryl methyl sites for hydroxylation is 1. The van der Waals surface area contributed by atoms with Crippen LogP contribution in [0.3, 0.4) is 0 Å². The van der Waals surface area contributed by atoms with Gasteiger partial charge in [0.1, 0.15) is 16.8 Å². The molecule has 2 unspecified atom stereocenters. The number of rotatable bonds is 2. The molecule has 1 saturated carbocycles. The molecule has 2 atom stereocenters. The maximum atomic E-state index is 5.88. The molecular formula is C11H16ClN3. The summed E-state index contributed by atoms with van der Waals surface area (Å²) < 4.78 is 0. The summed E-state index contributed by atoms with van der Waals surface area (Å²) in [6.45, 7) is 4.13. The van der Waals surface area contributed by atoms with Crippen LogP contribution >= 0.6 is 11.6 Å². The van der Waals surface area contributed by atoms with Gasteiger partial charge in [-0.15, -0.1) is 0 Å². The Morgan fingerprint density at radius 1 is 1.40 bits per heavy atom. The summed E-state index contributed by atoms with van der Waals surface area (Å²) in [5, 5.41) is 3.95. The topological polar surface area (TPSA) is 37.8 Å². The van der Waals surface area contributed by atoms with Gasteiger partial charge in [-0.1, -0.05) is 24.9 Å². The Morgan fingerprint density at radius 2 is 2.20 bits per heavy atom. The van der Waals surface area contributed by atoms with E-state index in [1.807, 2.05) is 6.92 Å². The summed E-state index contributed by atoms with van der Waals surface area (Å²) in [6, 6.07) is 2.33. The van der Waals surface area contributed by atoms with E-state index >= 15 is 0 Å². The minimum absolute atomic E-state index is 0.510. The number of hydrogen-bond acceptors (Lipinski definition) is 3. The molecule has 15 heavy (non-hydrogen) atoms. The van der Waals surface area contributed by atoms with E-state index in [4.69, 9.17) is 11.6 Å². The maximum absolute atomic E-state index is 5.88. The molecule has 0 radical (unpaired) electrons. The van der Waals surface area contributed by atoms with Gasteiger partial charge in [0.2, 0.25) is 0 Å². The van der Waals surface area contributed by atoms with Gasteiger partial charge in [-0.3, -0.25) is 0 Å². The maximum Gasteiger partial charge on any atom is 0.134 e. The van der Waals surface area contributed by atoms with Gasteiger partial charge < -0.3 is 5.32 Å².